The van der Waals surface area contributed by atoms with Gasteiger partial charge in [0.2, 0.25) is 0 Å². The third kappa shape index (κ3) is 4.77. The number of rotatable bonds is 7. The summed E-state index contributed by atoms with van der Waals surface area (Å²) in [6.07, 6.45) is 0.676. The molecule has 0 saturated carbocycles. The molecule has 2 unspecified atom stereocenters. The largest absolute Gasteiger partial charge is 0.483 e. The summed E-state index contributed by atoms with van der Waals surface area (Å²) >= 11 is 0. The Kier molecular flexibility index (Phi) is 6.21. The Morgan fingerprint density at radius 2 is 1.86 bits per heavy atom. The van der Waals surface area contributed by atoms with Crippen LogP contribution in [0.25, 0.3) is 0 Å². The number of aliphatic carboxylic acids is 1. The fourth-order valence-electron chi connectivity index (χ4n) is 2.06. The van der Waals surface area contributed by atoms with Gasteiger partial charge in [0.1, 0.15) is 11.8 Å². The zero-order valence-electron chi connectivity index (χ0n) is 13.0. The van der Waals surface area contributed by atoms with Gasteiger partial charge in [0.15, 0.2) is 6.61 Å². The smallest absolute Gasteiger partial charge is 0.326 e. The summed E-state index contributed by atoms with van der Waals surface area (Å²) in [4.78, 5) is 23.0. The second kappa shape index (κ2) is 7.67. The molecule has 1 aromatic rings. The second-order valence-corrected chi connectivity index (χ2v) is 5.28. The van der Waals surface area contributed by atoms with E-state index in [2.05, 4.69) is 5.32 Å². The fraction of sp³-hybridized carbons (Fsp3) is 0.500. The number of para-hydroxylation sites is 1. The number of carboxylic acid groups (broad SMARTS) is 1. The van der Waals surface area contributed by atoms with E-state index in [9.17, 15) is 9.59 Å². The minimum Gasteiger partial charge on any atom is -0.483 e. The maximum absolute atomic E-state index is 11.9. The molecule has 5 nitrogen and oxygen atoms in total. The predicted octanol–water partition coefficient (Wildman–Crippen LogP) is 2.30. The quantitative estimate of drug-likeness (QED) is 0.809. The molecule has 0 aliphatic rings. The number of amides is 1. The molecule has 5 heteroatoms. The molecule has 0 radical (unpaired) electrons. The van der Waals surface area contributed by atoms with E-state index in [0.717, 1.165) is 11.1 Å². The molecule has 0 bridgehead atoms. The Hall–Kier alpha value is -2.04. The number of hydrogen-bond acceptors (Lipinski definition) is 3. The molecular formula is C16H23NO4. The van der Waals surface area contributed by atoms with Crippen LogP contribution in [0.3, 0.4) is 0 Å². The van der Waals surface area contributed by atoms with Gasteiger partial charge in [-0.3, -0.25) is 4.79 Å². The number of carbonyl (C=O) groups is 2. The summed E-state index contributed by atoms with van der Waals surface area (Å²) in [5, 5.41) is 11.7. The van der Waals surface area contributed by atoms with Gasteiger partial charge >= 0.3 is 5.97 Å². The van der Waals surface area contributed by atoms with E-state index >= 15 is 0 Å². The van der Waals surface area contributed by atoms with E-state index in [0.29, 0.717) is 12.2 Å². The van der Waals surface area contributed by atoms with Crippen molar-refractivity contribution in [1.82, 2.24) is 5.32 Å². The van der Waals surface area contributed by atoms with Crippen LogP contribution in [0.2, 0.25) is 0 Å². The van der Waals surface area contributed by atoms with E-state index in [-0.39, 0.29) is 12.5 Å². The monoisotopic (exact) mass is 293 g/mol. The molecule has 0 aliphatic heterocycles. The summed E-state index contributed by atoms with van der Waals surface area (Å²) in [5.41, 5.74) is 1.89. The minimum atomic E-state index is -1.02. The van der Waals surface area contributed by atoms with Gasteiger partial charge in [-0.25, -0.2) is 4.79 Å². The van der Waals surface area contributed by atoms with E-state index < -0.39 is 17.9 Å². The molecule has 1 rings (SSSR count). The fourth-order valence-corrected chi connectivity index (χ4v) is 2.06. The number of ether oxygens (including phenoxy) is 1. The molecule has 21 heavy (non-hydrogen) atoms. The standard InChI is InChI=1S/C16H23NO4/c1-5-10(2)14(16(19)20)17-13(18)9-21-15-11(3)7-6-8-12(15)4/h6-8,10,14H,5,9H2,1-4H3,(H,17,18)(H,19,20). The summed E-state index contributed by atoms with van der Waals surface area (Å²) in [5.74, 6) is -0.912. The topological polar surface area (TPSA) is 75.6 Å². The minimum absolute atomic E-state index is 0.133. The van der Waals surface area contributed by atoms with Crippen molar-refractivity contribution in [2.75, 3.05) is 6.61 Å². The van der Waals surface area contributed by atoms with E-state index in [1.54, 1.807) is 6.92 Å². The Bertz CT molecular complexity index is 493. The Labute approximate surface area is 125 Å². The highest BCUT2D eigenvalue weighted by Crippen LogP contribution is 2.22. The van der Waals surface area contributed by atoms with Gasteiger partial charge in [-0.05, 0) is 30.9 Å². The molecule has 2 atom stereocenters. The Morgan fingerprint density at radius 3 is 2.33 bits per heavy atom. The third-order valence-electron chi connectivity index (χ3n) is 3.55. The molecule has 2 N–H and O–H groups in total. The maximum atomic E-state index is 11.9. The predicted molar refractivity (Wildman–Crippen MR) is 80.4 cm³/mol. The zero-order chi connectivity index (χ0) is 16.0. The third-order valence-corrected chi connectivity index (χ3v) is 3.55. The van der Waals surface area contributed by atoms with E-state index in [4.69, 9.17) is 9.84 Å². The van der Waals surface area contributed by atoms with Crippen molar-refractivity contribution in [3.63, 3.8) is 0 Å². The van der Waals surface area contributed by atoms with Crippen molar-refractivity contribution in [2.45, 2.75) is 40.2 Å². The number of hydrogen-bond donors (Lipinski definition) is 2. The van der Waals surface area contributed by atoms with Crippen LogP contribution in [0.5, 0.6) is 5.75 Å². The lowest BCUT2D eigenvalue weighted by molar-refractivity contribution is -0.143. The number of nitrogens with one attached hydrogen (secondary N) is 1. The highest BCUT2D eigenvalue weighted by molar-refractivity contribution is 5.84. The lowest BCUT2D eigenvalue weighted by Gasteiger charge is -2.20. The van der Waals surface area contributed by atoms with Gasteiger partial charge in [0.25, 0.3) is 5.91 Å². The van der Waals surface area contributed by atoms with Gasteiger partial charge in [-0.2, -0.15) is 0 Å². The first-order valence-electron chi connectivity index (χ1n) is 7.08. The van der Waals surface area contributed by atoms with Crippen molar-refractivity contribution >= 4 is 11.9 Å². The van der Waals surface area contributed by atoms with Gasteiger partial charge in [-0.15, -0.1) is 0 Å². The molecule has 0 heterocycles. The normalized spacial score (nSPS) is 13.3. The first-order valence-corrected chi connectivity index (χ1v) is 7.08. The number of carbonyl (C=O) groups excluding carboxylic acids is 1. The average Bonchev–Trinajstić information content (AvgIpc) is 2.43. The Balaban J connectivity index is 2.63. The summed E-state index contributed by atoms with van der Waals surface area (Å²) < 4.78 is 5.52. The Morgan fingerprint density at radius 1 is 1.29 bits per heavy atom. The van der Waals surface area contributed by atoms with Crippen LogP contribution in [0, 0.1) is 19.8 Å². The second-order valence-electron chi connectivity index (χ2n) is 5.28. The van der Waals surface area contributed by atoms with Crippen LogP contribution < -0.4 is 10.1 Å². The lowest BCUT2D eigenvalue weighted by Crippen LogP contribution is -2.46. The van der Waals surface area contributed by atoms with E-state index in [1.165, 1.54) is 0 Å². The molecule has 0 saturated heterocycles. The molecule has 0 spiro atoms. The van der Waals surface area contributed by atoms with Crippen molar-refractivity contribution in [3.05, 3.63) is 29.3 Å². The molecule has 0 fully saturated rings. The molecule has 1 amide bonds. The number of aryl methyl sites for hydroxylation is 2. The summed E-state index contributed by atoms with van der Waals surface area (Å²) in [6.45, 7) is 7.30. The zero-order valence-corrected chi connectivity index (χ0v) is 13.0. The van der Waals surface area contributed by atoms with Crippen LogP contribution in [0.4, 0.5) is 0 Å². The number of benzene rings is 1. The van der Waals surface area contributed by atoms with Crippen LogP contribution in [0.15, 0.2) is 18.2 Å². The molecular weight excluding hydrogens is 270 g/mol. The van der Waals surface area contributed by atoms with Crippen LogP contribution >= 0.6 is 0 Å². The highest BCUT2D eigenvalue weighted by atomic mass is 16.5. The van der Waals surface area contributed by atoms with Gasteiger partial charge in [-0.1, -0.05) is 38.5 Å². The van der Waals surface area contributed by atoms with Gasteiger partial charge in [0.05, 0.1) is 0 Å². The molecule has 1 aromatic carbocycles. The van der Waals surface area contributed by atoms with Crippen LogP contribution in [0.1, 0.15) is 31.4 Å². The average molecular weight is 293 g/mol. The summed E-state index contributed by atoms with van der Waals surface area (Å²) in [6, 6.07) is 4.84. The highest BCUT2D eigenvalue weighted by Gasteiger charge is 2.25. The van der Waals surface area contributed by atoms with Crippen LogP contribution in [-0.2, 0) is 9.59 Å². The first-order chi connectivity index (χ1) is 9.86. The van der Waals surface area contributed by atoms with E-state index in [1.807, 2.05) is 39.0 Å². The number of carboxylic acids is 1. The van der Waals surface area contributed by atoms with Crippen molar-refractivity contribution in [3.8, 4) is 5.75 Å². The van der Waals surface area contributed by atoms with Gasteiger partial charge < -0.3 is 15.2 Å². The van der Waals surface area contributed by atoms with Crippen molar-refractivity contribution in [2.24, 2.45) is 5.92 Å². The van der Waals surface area contributed by atoms with Crippen LogP contribution in [-0.4, -0.2) is 29.6 Å². The molecule has 0 aromatic heterocycles. The SMILES string of the molecule is CCC(C)C(NC(=O)COc1c(C)cccc1C)C(=O)O. The molecule has 116 valence electrons. The molecule has 0 aliphatic carbocycles. The van der Waals surface area contributed by atoms with Crippen molar-refractivity contribution in [1.29, 1.82) is 0 Å². The summed E-state index contributed by atoms with van der Waals surface area (Å²) in [7, 11) is 0. The maximum Gasteiger partial charge on any atom is 0.326 e. The van der Waals surface area contributed by atoms with Gasteiger partial charge in [0, 0.05) is 0 Å². The first kappa shape index (κ1) is 17.0. The lowest BCUT2D eigenvalue weighted by atomic mass is 9.99. The van der Waals surface area contributed by atoms with Crippen molar-refractivity contribution < 1.29 is 19.4 Å².